The minimum absolute atomic E-state index is 0.161. The summed E-state index contributed by atoms with van der Waals surface area (Å²) in [6, 6.07) is 5.24. The molecule has 1 aromatic rings. The summed E-state index contributed by atoms with van der Waals surface area (Å²) in [6.45, 7) is 3.71. The highest BCUT2D eigenvalue weighted by Gasteiger charge is 2.20. The number of hydrogen-bond acceptors (Lipinski definition) is 3. The molecule has 0 radical (unpaired) electrons. The van der Waals surface area contributed by atoms with Crippen molar-refractivity contribution in [2.75, 3.05) is 40.9 Å². The number of hydrogen-bond donors (Lipinski definition) is 2. The average molecular weight is 350 g/mol. The van der Waals surface area contributed by atoms with Crippen LogP contribution in [0.15, 0.2) is 23.2 Å². The lowest BCUT2D eigenvalue weighted by Crippen LogP contribution is -2.37. The smallest absolute Gasteiger partial charge is 0.191 e. The maximum absolute atomic E-state index is 13.8. The summed E-state index contributed by atoms with van der Waals surface area (Å²) in [6.07, 6.45) is 3.61. The Morgan fingerprint density at radius 2 is 2.12 bits per heavy atom. The van der Waals surface area contributed by atoms with Crippen molar-refractivity contribution in [1.29, 1.82) is 0 Å². The lowest BCUT2D eigenvalue weighted by molar-refractivity contribution is 0.123. The van der Waals surface area contributed by atoms with Gasteiger partial charge in [0.15, 0.2) is 5.96 Å². The Balaban J connectivity index is 1.68. The minimum atomic E-state index is -0.161. The fourth-order valence-corrected chi connectivity index (χ4v) is 2.52. The van der Waals surface area contributed by atoms with Gasteiger partial charge < -0.3 is 20.3 Å². The van der Waals surface area contributed by atoms with E-state index in [0.717, 1.165) is 43.6 Å². The van der Waals surface area contributed by atoms with Crippen LogP contribution in [0, 0.1) is 11.7 Å². The lowest BCUT2D eigenvalue weighted by Gasteiger charge is -2.14. The van der Waals surface area contributed by atoms with Gasteiger partial charge in [0.1, 0.15) is 5.82 Å². The molecule has 0 aliphatic heterocycles. The summed E-state index contributed by atoms with van der Waals surface area (Å²) in [5.41, 5.74) is 1.74. The van der Waals surface area contributed by atoms with E-state index >= 15 is 0 Å². The zero-order valence-corrected chi connectivity index (χ0v) is 15.6. The molecule has 2 rings (SSSR count). The molecule has 2 N–H and O–H groups in total. The van der Waals surface area contributed by atoms with Crippen molar-refractivity contribution < 1.29 is 9.13 Å². The number of ether oxygens (including phenoxy) is 1. The van der Waals surface area contributed by atoms with Crippen molar-refractivity contribution in [3.8, 4) is 0 Å². The number of guanidine groups is 1. The lowest BCUT2D eigenvalue weighted by atomic mass is 10.1. The van der Waals surface area contributed by atoms with Crippen LogP contribution in [-0.2, 0) is 17.8 Å². The second kappa shape index (κ2) is 10.4. The SMILES string of the molecule is CN=C(NCCCOCC1CC1)NCc1ccc(F)c(CN(C)C)c1. The van der Waals surface area contributed by atoms with Crippen LogP contribution < -0.4 is 10.6 Å². The van der Waals surface area contributed by atoms with Gasteiger partial charge in [-0.25, -0.2) is 4.39 Å². The Kier molecular flexibility index (Phi) is 8.15. The van der Waals surface area contributed by atoms with E-state index in [0.29, 0.717) is 18.7 Å². The van der Waals surface area contributed by atoms with Crippen LogP contribution in [0.25, 0.3) is 0 Å². The Labute approximate surface area is 150 Å². The maximum Gasteiger partial charge on any atom is 0.191 e. The van der Waals surface area contributed by atoms with Gasteiger partial charge in [0.05, 0.1) is 0 Å². The first kappa shape index (κ1) is 19.7. The molecule has 25 heavy (non-hydrogen) atoms. The van der Waals surface area contributed by atoms with Crippen LogP contribution in [0.4, 0.5) is 4.39 Å². The van der Waals surface area contributed by atoms with Gasteiger partial charge in [-0.3, -0.25) is 4.99 Å². The molecule has 5 nitrogen and oxygen atoms in total. The van der Waals surface area contributed by atoms with Gasteiger partial charge in [-0.1, -0.05) is 6.07 Å². The summed E-state index contributed by atoms with van der Waals surface area (Å²) in [5.74, 6) is 1.40. The molecule has 0 heterocycles. The summed E-state index contributed by atoms with van der Waals surface area (Å²) >= 11 is 0. The molecule has 140 valence electrons. The zero-order valence-electron chi connectivity index (χ0n) is 15.6. The molecule has 0 amide bonds. The Hall–Kier alpha value is -1.66. The van der Waals surface area contributed by atoms with Gasteiger partial charge in [-0.05, 0) is 57.0 Å². The predicted octanol–water partition coefficient (Wildman–Crippen LogP) is 2.37. The maximum atomic E-state index is 13.8. The third-order valence-corrected chi connectivity index (χ3v) is 4.09. The van der Waals surface area contributed by atoms with Crippen molar-refractivity contribution in [3.63, 3.8) is 0 Å². The van der Waals surface area contributed by atoms with Crippen LogP contribution in [0.5, 0.6) is 0 Å². The molecule has 0 aromatic heterocycles. The van der Waals surface area contributed by atoms with Gasteiger partial charge in [0, 0.05) is 45.5 Å². The van der Waals surface area contributed by atoms with E-state index in [-0.39, 0.29) is 5.82 Å². The molecular weight excluding hydrogens is 319 g/mol. The molecule has 1 aromatic carbocycles. The molecule has 0 spiro atoms. The van der Waals surface area contributed by atoms with Crippen molar-refractivity contribution in [2.45, 2.75) is 32.4 Å². The third-order valence-electron chi connectivity index (χ3n) is 4.09. The standard InChI is InChI=1S/C19H31FN4O/c1-21-19(22-9-4-10-25-14-15-5-6-15)23-12-16-7-8-18(20)17(11-16)13-24(2)3/h7-8,11,15H,4-6,9-10,12-14H2,1-3H3,(H2,21,22,23). The first-order valence-corrected chi connectivity index (χ1v) is 9.02. The van der Waals surface area contributed by atoms with Crippen molar-refractivity contribution in [3.05, 3.63) is 35.1 Å². The van der Waals surface area contributed by atoms with Gasteiger partial charge in [0.2, 0.25) is 0 Å². The molecule has 0 saturated heterocycles. The van der Waals surface area contributed by atoms with E-state index in [1.54, 1.807) is 13.1 Å². The molecule has 0 atom stereocenters. The normalized spacial score (nSPS) is 14.8. The highest BCUT2D eigenvalue weighted by atomic mass is 19.1. The summed E-state index contributed by atoms with van der Waals surface area (Å²) < 4.78 is 19.4. The van der Waals surface area contributed by atoms with Gasteiger partial charge in [-0.2, -0.15) is 0 Å². The molecule has 1 aliphatic rings. The summed E-state index contributed by atoms with van der Waals surface area (Å²) in [5, 5.41) is 6.55. The van der Waals surface area contributed by atoms with Crippen LogP contribution in [0.1, 0.15) is 30.4 Å². The average Bonchev–Trinajstić information content (AvgIpc) is 3.40. The summed E-state index contributed by atoms with van der Waals surface area (Å²) in [4.78, 5) is 6.18. The van der Waals surface area contributed by atoms with E-state index in [1.807, 2.05) is 25.1 Å². The van der Waals surface area contributed by atoms with Gasteiger partial charge >= 0.3 is 0 Å². The topological polar surface area (TPSA) is 48.9 Å². The van der Waals surface area contributed by atoms with E-state index in [4.69, 9.17) is 4.74 Å². The molecule has 0 bridgehead atoms. The largest absolute Gasteiger partial charge is 0.381 e. The highest BCUT2D eigenvalue weighted by molar-refractivity contribution is 5.79. The number of benzene rings is 1. The van der Waals surface area contributed by atoms with E-state index in [9.17, 15) is 4.39 Å². The number of halogens is 1. The molecule has 1 aliphatic carbocycles. The van der Waals surface area contributed by atoms with E-state index in [1.165, 1.54) is 18.9 Å². The quantitative estimate of drug-likeness (QED) is 0.386. The van der Waals surface area contributed by atoms with E-state index in [2.05, 4.69) is 15.6 Å². The second-order valence-corrected chi connectivity index (χ2v) is 6.89. The predicted molar refractivity (Wildman–Crippen MR) is 100 cm³/mol. The number of aliphatic imine (C=N–C) groups is 1. The molecule has 1 fully saturated rings. The Morgan fingerprint density at radius 1 is 1.32 bits per heavy atom. The molecule has 6 heteroatoms. The Bertz CT molecular complexity index is 558. The van der Waals surface area contributed by atoms with Crippen LogP contribution >= 0.6 is 0 Å². The molecular formula is C19H31FN4O. The fraction of sp³-hybridized carbons (Fsp3) is 0.632. The molecule has 0 unspecified atom stereocenters. The van der Waals surface area contributed by atoms with Crippen LogP contribution in [0.3, 0.4) is 0 Å². The van der Waals surface area contributed by atoms with Crippen LogP contribution in [0.2, 0.25) is 0 Å². The molecule has 1 saturated carbocycles. The fourth-order valence-electron chi connectivity index (χ4n) is 2.52. The highest BCUT2D eigenvalue weighted by Crippen LogP contribution is 2.28. The van der Waals surface area contributed by atoms with Gasteiger partial charge in [-0.15, -0.1) is 0 Å². The zero-order chi connectivity index (χ0) is 18.1. The summed E-state index contributed by atoms with van der Waals surface area (Å²) in [7, 11) is 5.62. The first-order valence-electron chi connectivity index (χ1n) is 9.02. The first-order chi connectivity index (χ1) is 12.1. The van der Waals surface area contributed by atoms with Crippen molar-refractivity contribution in [1.82, 2.24) is 15.5 Å². The second-order valence-electron chi connectivity index (χ2n) is 6.89. The monoisotopic (exact) mass is 350 g/mol. The van der Waals surface area contributed by atoms with E-state index < -0.39 is 0 Å². The van der Waals surface area contributed by atoms with Gasteiger partial charge in [0.25, 0.3) is 0 Å². The van der Waals surface area contributed by atoms with Crippen molar-refractivity contribution in [2.24, 2.45) is 10.9 Å². The number of nitrogens with zero attached hydrogens (tertiary/aromatic N) is 2. The third kappa shape index (κ3) is 7.84. The van der Waals surface area contributed by atoms with Crippen molar-refractivity contribution >= 4 is 5.96 Å². The number of rotatable bonds is 10. The van der Waals surface area contributed by atoms with Crippen LogP contribution in [-0.4, -0.2) is 51.8 Å². The Morgan fingerprint density at radius 3 is 2.80 bits per heavy atom. The minimum Gasteiger partial charge on any atom is -0.381 e. The number of nitrogens with one attached hydrogen (secondary N) is 2.